The van der Waals surface area contributed by atoms with Gasteiger partial charge in [0.2, 0.25) is 15.9 Å². The Morgan fingerprint density at radius 3 is 2.21 bits per heavy atom. The fourth-order valence-corrected chi connectivity index (χ4v) is 5.88. The van der Waals surface area contributed by atoms with Crippen molar-refractivity contribution in [2.75, 3.05) is 26.2 Å². The van der Waals surface area contributed by atoms with Gasteiger partial charge < -0.3 is 9.64 Å². The number of carbonyl (C=O) groups excluding carboxylic acids is 1. The lowest BCUT2D eigenvalue weighted by atomic mass is 10.1. The second-order valence-electron chi connectivity index (χ2n) is 9.08. The van der Waals surface area contributed by atoms with Gasteiger partial charge in [-0.3, -0.25) is 14.9 Å². The number of carbonyl (C=O) groups is 1. The number of hydrogen-bond acceptors (Lipinski definition) is 7. The fraction of sp³-hybridized carbons (Fsp3) is 0.259. The highest BCUT2D eigenvalue weighted by Gasteiger charge is 2.32. The van der Waals surface area contributed by atoms with E-state index in [1.54, 1.807) is 17.0 Å². The minimum Gasteiger partial charge on any atom is -0.456 e. The van der Waals surface area contributed by atoms with E-state index in [2.05, 4.69) is 0 Å². The minimum atomic E-state index is -4.03. The van der Waals surface area contributed by atoms with Crippen LogP contribution in [0.1, 0.15) is 22.3 Å². The molecule has 0 aromatic heterocycles. The first-order valence-electron chi connectivity index (χ1n) is 11.9. The summed E-state index contributed by atoms with van der Waals surface area (Å²) in [6.07, 6.45) is 0.0584. The topological polar surface area (TPSA) is 134 Å². The van der Waals surface area contributed by atoms with Gasteiger partial charge in [-0.25, -0.2) is 8.42 Å². The first-order valence-corrected chi connectivity index (χ1v) is 13.3. The molecule has 38 heavy (non-hydrogen) atoms. The van der Waals surface area contributed by atoms with Crippen molar-refractivity contribution in [2.45, 2.75) is 25.2 Å². The Morgan fingerprint density at radius 2 is 1.63 bits per heavy atom. The van der Waals surface area contributed by atoms with E-state index < -0.39 is 14.9 Å². The van der Waals surface area contributed by atoms with E-state index in [0.29, 0.717) is 11.3 Å². The monoisotopic (exact) mass is 534 g/mol. The Morgan fingerprint density at radius 1 is 1.00 bits per heavy atom. The van der Waals surface area contributed by atoms with E-state index in [9.17, 15) is 28.6 Å². The molecule has 1 amide bonds. The van der Waals surface area contributed by atoms with Crippen LogP contribution >= 0.6 is 0 Å². The number of piperazine rings is 1. The predicted molar refractivity (Wildman–Crippen MR) is 139 cm³/mol. The zero-order chi connectivity index (χ0) is 27.4. The van der Waals surface area contributed by atoms with E-state index in [-0.39, 0.29) is 60.4 Å². The van der Waals surface area contributed by atoms with Gasteiger partial charge in [0.05, 0.1) is 23.0 Å². The largest absolute Gasteiger partial charge is 0.456 e. The molecule has 0 radical (unpaired) electrons. The Kier molecular flexibility index (Phi) is 7.75. The highest BCUT2D eigenvalue weighted by Crippen LogP contribution is 2.33. The number of ether oxygens (including phenoxy) is 1. The van der Waals surface area contributed by atoms with Crippen LogP contribution in [0.5, 0.6) is 11.5 Å². The third-order valence-corrected chi connectivity index (χ3v) is 8.13. The van der Waals surface area contributed by atoms with Crippen molar-refractivity contribution in [3.8, 4) is 17.6 Å². The highest BCUT2D eigenvalue weighted by molar-refractivity contribution is 7.89. The van der Waals surface area contributed by atoms with E-state index in [0.717, 1.165) is 11.1 Å². The van der Waals surface area contributed by atoms with Crippen molar-refractivity contribution in [3.05, 3.63) is 93.0 Å². The molecule has 1 aliphatic rings. The van der Waals surface area contributed by atoms with Crippen LogP contribution in [0.2, 0.25) is 0 Å². The van der Waals surface area contributed by atoms with Gasteiger partial charge in [0.15, 0.2) is 0 Å². The highest BCUT2D eigenvalue weighted by atomic mass is 32.2. The average Bonchev–Trinajstić information content (AvgIpc) is 2.88. The number of nitrogens with zero attached hydrogens (tertiary/aromatic N) is 4. The van der Waals surface area contributed by atoms with Gasteiger partial charge in [-0.05, 0) is 60.9 Å². The number of rotatable bonds is 7. The maximum absolute atomic E-state index is 13.6. The zero-order valence-corrected chi connectivity index (χ0v) is 21.8. The number of nitriles is 1. The molecule has 4 rings (SSSR count). The molecule has 0 saturated carbocycles. The number of benzene rings is 3. The van der Waals surface area contributed by atoms with Crippen molar-refractivity contribution in [2.24, 2.45) is 0 Å². The first-order chi connectivity index (χ1) is 18.1. The summed E-state index contributed by atoms with van der Waals surface area (Å²) in [4.78, 5) is 24.6. The lowest BCUT2D eigenvalue weighted by Gasteiger charge is -2.34. The fourth-order valence-electron chi connectivity index (χ4n) is 4.32. The molecule has 0 atom stereocenters. The molecule has 10 nitrogen and oxygen atoms in total. The zero-order valence-electron chi connectivity index (χ0n) is 21.0. The number of aryl methyl sites for hydroxylation is 2. The molecule has 11 heteroatoms. The molecule has 3 aromatic rings. The predicted octanol–water partition coefficient (Wildman–Crippen LogP) is 3.95. The normalized spacial score (nSPS) is 14.1. The number of non-ortho nitro benzene ring substituents is 1. The molecule has 0 bridgehead atoms. The molecule has 1 saturated heterocycles. The van der Waals surface area contributed by atoms with E-state index >= 15 is 0 Å². The number of hydrogen-bond donors (Lipinski definition) is 0. The van der Waals surface area contributed by atoms with Crippen molar-refractivity contribution in [1.82, 2.24) is 9.21 Å². The number of sulfonamides is 1. The van der Waals surface area contributed by atoms with Crippen LogP contribution in [0, 0.1) is 35.3 Å². The van der Waals surface area contributed by atoms with Crippen LogP contribution in [0.4, 0.5) is 5.69 Å². The maximum atomic E-state index is 13.6. The first kappa shape index (κ1) is 26.8. The molecular weight excluding hydrogens is 508 g/mol. The van der Waals surface area contributed by atoms with E-state index in [1.807, 2.05) is 26.0 Å². The van der Waals surface area contributed by atoms with Gasteiger partial charge in [0.1, 0.15) is 16.4 Å². The quantitative estimate of drug-likeness (QED) is 0.331. The van der Waals surface area contributed by atoms with E-state index in [4.69, 9.17) is 4.74 Å². The molecule has 1 heterocycles. The SMILES string of the molecule is Cc1cc(C)cc(Oc2ccc(C#N)cc2S(=O)(=O)N2CCN(C(=O)Cc3ccc([N+](=O)[O-])cc3)CC2)c1. The number of amides is 1. The molecule has 0 aliphatic carbocycles. The molecule has 0 N–H and O–H groups in total. The standard InChI is InChI=1S/C27H26N4O6S/c1-19-13-20(2)15-24(14-19)37-25-8-5-22(18-28)16-26(25)38(35,36)30-11-9-29(10-12-30)27(32)17-21-3-6-23(7-4-21)31(33)34/h3-8,13-16H,9-12,17H2,1-2H3. The smallest absolute Gasteiger partial charge is 0.269 e. The Hall–Kier alpha value is -4.27. The molecule has 3 aromatic carbocycles. The molecule has 0 spiro atoms. The summed E-state index contributed by atoms with van der Waals surface area (Å²) >= 11 is 0. The van der Waals surface area contributed by atoms with Gasteiger partial charge >= 0.3 is 0 Å². The lowest BCUT2D eigenvalue weighted by Crippen LogP contribution is -2.50. The lowest BCUT2D eigenvalue weighted by molar-refractivity contribution is -0.384. The summed E-state index contributed by atoms with van der Waals surface area (Å²) < 4.78 is 34.5. The third-order valence-electron chi connectivity index (χ3n) is 6.21. The molecular formula is C27H26N4O6S. The Bertz CT molecular complexity index is 1500. The number of nitro groups is 1. The van der Waals surface area contributed by atoms with Crippen molar-refractivity contribution >= 4 is 21.6 Å². The summed E-state index contributed by atoms with van der Waals surface area (Å²) in [6, 6.07) is 17.6. The number of nitro benzene ring substituents is 1. The summed E-state index contributed by atoms with van der Waals surface area (Å²) in [5, 5.41) is 20.2. The summed E-state index contributed by atoms with van der Waals surface area (Å²) in [5.74, 6) is 0.414. The van der Waals surface area contributed by atoms with Gasteiger partial charge in [-0.15, -0.1) is 0 Å². The van der Waals surface area contributed by atoms with Crippen molar-refractivity contribution in [3.63, 3.8) is 0 Å². The molecule has 0 unspecified atom stereocenters. The van der Waals surface area contributed by atoms with Crippen LogP contribution in [0.3, 0.4) is 0 Å². The maximum Gasteiger partial charge on any atom is 0.269 e. The van der Waals surface area contributed by atoms with Crippen LogP contribution < -0.4 is 4.74 Å². The molecule has 1 fully saturated rings. The Balaban J connectivity index is 1.49. The van der Waals surface area contributed by atoms with Crippen molar-refractivity contribution in [1.29, 1.82) is 5.26 Å². The minimum absolute atomic E-state index is 0.0543. The summed E-state index contributed by atoms with van der Waals surface area (Å²) in [6.45, 7) is 4.37. The van der Waals surface area contributed by atoms with Crippen LogP contribution in [0.15, 0.2) is 65.6 Å². The second-order valence-corrected chi connectivity index (χ2v) is 11.0. The van der Waals surface area contributed by atoms with Crippen molar-refractivity contribution < 1.29 is 22.9 Å². The second kappa shape index (κ2) is 11.0. The molecule has 1 aliphatic heterocycles. The average molecular weight is 535 g/mol. The third kappa shape index (κ3) is 5.99. The summed E-state index contributed by atoms with van der Waals surface area (Å²) in [7, 11) is -4.03. The summed E-state index contributed by atoms with van der Waals surface area (Å²) in [5.41, 5.74) is 2.70. The van der Waals surface area contributed by atoms with Crippen LogP contribution in [-0.4, -0.2) is 54.6 Å². The van der Waals surface area contributed by atoms with Gasteiger partial charge in [-0.1, -0.05) is 18.2 Å². The van der Waals surface area contributed by atoms with Crippen LogP contribution in [-0.2, 0) is 21.2 Å². The van der Waals surface area contributed by atoms with Gasteiger partial charge in [-0.2, -0.15) is 9.57 Å². The van der Waals surface area contributed by atoms with Gasteiger partial charge in [0, 0.05) is 38.3 Å². The Labute approximate surface area is 220 Å². The van der Waals surface area contributed by atoms with E-state index in [1.165, 1.54) is 46.8 Å². The molecule has 196 valence electrons. The van der Waals surface area contributed by atoms with Crippen LogP contribution in [0.25, 0.3) is 0 Å². The van der Waals surface area contributed by atoms with Gasteiger partial charge in [0.25, 0.3) is 5.69 Å².